The van der Waals surface area contributed by atoms with Crippen LogP contribution in [0.25, 0.3) is 0 Å². The van der Waals surface area contributed by atoms with Crippen LogP contribution in [-0.2, 0) is 5.88 Å². The first-order valence-electron chi connectivity index (χ1n) is 6.93. The number of aryl methyl sites for hydroxylation is 1. The summed E-state index contributed by atoms with van der Waals surface area (Å²) < 4.78 is 0. The molecule has 0 bridgehead atoms. The zero-order chi connectivity index (χ0) is 13.5. The van der Waals surface area contributed by atoms with Gasteiger partial charge < -0.3 is 4.90 Å². The minimum atomic E-state index is 0.539. The van der Waals surface area contributed by atoms with Crippen molar-refractivity contribution in [3.05, 3.63) is 23.4 Å². The van der Waals surface area contributed by atoms with E-state index in [-0.39, 0.29) is 0 Å². The molecule has 3 heteroatoms. The van der Waals surface area contributed by atoms with Crippen molar-refractivity contribution in [2.75, 3.05) is 18.0 Å². The third kappa shape index (κ3) is 3.88. The number of alkyl halides is 1. The Hall–Kier alpha value is -0.760. The van der Waals surface area contributed by atoms with Crippen molar-refractivity contribution >= 4 is 17.4 Å². The van der Waals surface area contributed by atoms with Crippen LogP contribution in [0.3, 0.4) is 0 Å². The highest BCUT2D eigenvalue weighted by Gasteiger charge is 2.12. The Kier molecular flexibility index (Phi) is 6.48. The molecule has 0 aliphatic rings. The molecule has 1 heterocycles. The van der Waals surface area contributed by atoms with Crippen LogP contribution in [0.1, 0.15) is 44.9 Å². The Morgan fingerprint density at radius 3 is 2.33 bits per heavy atom. The monoisotopic (exact) mass is 268 g/mol. The van der Waals surface area contributed by atoms with Gasteiger partial charge in [-0.15, -0.1) is 11.6 Å². The SMILES string of the molecule is CCC(CC)CN(CC)c1ccc(CCl)c(C)n1. The summed E-state index contributed by atoms with van der Waals surface area (Å²) in [6.07, 6.45) is 2.46. The molecule has 0 aromatic carbocycles. The number of hydrogen-bond donors (Lipinski definition) is 0. The Bertz CT molecular complexity index is 362. The second kappa shape index (κ2) is 7.63. The number of rotatable bonds is 7. The number of halogens is 1. The first-order chi connectivity index (χ1) is 8.65. The highest BCUT2D eigenvalue weighted by atomic mass is 35.5. The molecule has 0 amide bonds. The molecule has 0 aliphatic carbocycles. The maximum atomic E-state index is 5.87. The summed E-state index contributed by atoms with van der Waals surface area (Å²) in [5.41, 5.74) is 2.17. The van der Waals surface area contributed by atoms with Crippen LogP contribution in [0, 0.1) is 12.8 Å². The van der Waals surface area contributed by atoms with E-state index >= 15 is 0 Å². The van der Waals surface area contributed by atoms with E-state index < -0.39 is 0 Å². The van der Waals surface area contributed by atoms with E-state index in [4.69, 9.17) is 11.6 Å². The number of hydrogen-bond acceptors (Lipinski definition) is 2. The lowest BCUT2D eigenvalue weighted by molar-refractivity contribution is 0.484. The number of anilines is 1. The fourth-order valence-corrected chi connectivity index (χ4v) is 2.42. The average molecular weight is 269 g/mol. The molecule has 102 valence electrons. The first kappa shape index (κ1) is 15.3. The highest BCUT2D eigenvalue weighted by molar-refractivity contribution is 6.17. The molecule has 1 aromatic rings. The third-order valence-corrected chi connectivity index (χ3v) is 3.95. The van der Waals surface area contributed by atoms with Crippen molar-refractivity contribution in [1.82, 2.24) is 4.98 Å². The lowest BCUT2D eigenvalue weighted by Crippen LogP contribution is -2.29. The molecule has 0 N–H and O–H groups in total. The summed E-state index contributed by atoms with van der Waals surface area (Å²) in [7, 11) is 0. The van der Waals surface area contributed by atoms with Crippen molar-refractivity contribution < 1.29 is 0 Å². The maximum Gasteiger partial charge on any atom is 0.128 e. The van der Waals surface area contributed by atoms with Crippen molar-refractivity contribution in [2.45, 2.75) is 46.4 Å². The summed E-state index contributed by atoms with van der Waals surface area (Å²) in [5.74, 6) is 2.37. The summed E-state index contributed by atoms with van der Waals surface area (Å²) in [5, 5.41) is 0. The van der Waals surface area contributed by atoms with Gasteiger partial charge in [-0.3, -0.25) is 0 Å². The van der Waals surface area contributed by atoms with E-state index in [0.717, 1.165) is 36.1 Å². The van der Waals surface area contributed by atoms with Gasteiger partial charge in [0.15, 0.2) is 0 Å². The van der Waals surface area contributed by atoms with E-state index in [1.165, 1.54) is 12.8 Å². The largest absolute Gasteiger partial charge is 0.357 e. The maximum absolute atomic E-state index is 5.87. The number of pyridine rings is 1. The van der Waals surface area contributed by atoms with Gasteiger partial charge in [0, 0.05) is 24.7 Å². The topological polar surface area (TPSA) is 16.1 Å². The third-order valence-electron chi connectivity index (χ3n) is 3.66. The minimum absolute atomic E-state index is 0.539. The molecule has 0 saturated heterocycles. The molecule has 18 heavy (non-hydrogen) atoms. The van der Waals surface area contributed by atoms with Crippen molar-refractivity contribution in [3.63, 3.8) is 0 Å². The Morgan fingerprint density at radius 1 is 1.22 bits per heavy atom. The molecular weight excluding hydrogens is 244 g/mol. The molecular formula is C15H25ClN2. The van der Waals surface area contributed by atoms with E-state index in [1.807, 2.05) is 6.92 Å². The van der Waals surface area contributed by atoms with Gasteiger partial charge in [0.25, 0.3) is 0 Å². The number of nitrogens with zero attached hydrogens (tertiary/aromatic N) is 2. The van der Waals surface area contributed by atoms with Gasteiger partial charge in [-0.2, -0.15) is 0 Å². The van der Waals surface area contributed by atoms with Crippen molar-refractivity contribution in [3.8, 4) is 0 Å². The first-order valence-corrected chi connectivity index (χ1v) is 7.47. The van der Waals surface area contributed by atoms with Crippen LogP contribution in [0.4, 0.5) is 5.82 Å². The normalized spacial score (nSPS) is 11.0. The molecule has 0 spiro atoms. The molecule has 0 fully saturated rings. The van der Waals surface area contributed by atoms with E-state index in [0.29, 0.717) is 5.88 Å². The smallest absolute Gasteiger partial charge is 0.128 e. The average Bonchev–Trinajstić information content (AvgIpc) is 2.40. The van der Waals surface area contributed by atoms with E-state index in [1.54, 1.807) is 0 Å². The Balaban J connectivity index is 2.84. The van der Waals surface area contributed by atoms with Crippen LogP contribution >= 0.6 is 11.6 Å². The van der Waals surface area contributed by atoms with Crippen LogP contribution in [-0.4, -0.2) is 18.1 Å². The Morgan fingerprint density at radius 2 is 1.89 bits per heavy atom. The fraction of sp³-hybridized carbons (Fsp3) is 0.667. The summed E-state index contributed by atoms with van der Waals surface area (Å²) in [6, 6.07) is 4.19. The molecule has 1 rings (SSSR count). The second-order valence-electron chi connectivity index (χ2n) is 4.77. The molecule has 2 nitrogen and oxygen atoms in total. The van der Waals surface area contributed by atoms with E-state index in [9.17, 15) is 0 Å². The van der Waals surface area contributed by atoms with E-state index in [2.05, 4.69) is 42.8 Å². The molecule has 0 unspecified atom stereocenters. The molecule has 0 atom stereocenters. The highest BCUT2D eigenvalue weighted by Crippen LogP contribution is 2.19. The van der Waals surface area contributed by atoms with Gasteiger partial charge in [0.1, 0.15) is 5.82 Å². The predicted octanol–water partition coefficient (Wildman–Crippen LogP) is 4.39. The minimum Gasteiger partial charge on any atom is -0.357 e. The molecule has 0 saturated carbocycles. The van der Waals surface area contributed by atoms with Crippen LogP contribution in [0.5, 0.6) is 0 Å². The molecule has 0 radical (unpaired) electrons. The summed E-state index contributed by atoms with van der Waals surface area (Å²) in [6.45, 7) is 10.8. The predicted molar refractivity (Wildman–Crippen MR) is 80.5 cm³/mol. The van der Waals surface area contributed by atoms with Crippen LogP contribution in [0.15, 0.2) is 12.1 Å². The van der Waals surface area contributed by atoms with Gasteiger partial charge in [-0.05, 0) is 31.4 Å². The van der Waals surface area contributed by atoms with Gasteiger partial charge in [0.05, 0.1) is 0 Å². The summed E-state index contributed by atoms with van der Waals surface area (Å²) in [4.78, 5) is 7.04. The zero-order valence-corrected chi connectivity index (χ0v) is 12.8. The summed E-state index contributed by atoms with van der Waals surface area (Å²) >= 11 is 5.87. The second-order valence-corrected chi connectivity index (χ2v) is 5.04. The fourth-order valence-electron chi connectivity index (χ4n) is 2.14. The molecule has 1 aromatic heterocycles. The van der Waals surface area contributed by atoms with Gasteiger partial charge in [-0.1, -0.05) is 32.8 Å². The Labute approximate surface area is 116 Å². The van der Waals surface area contributed by atoms with Gasteiger partial charge in [0.2, 0.25) is 0 Å². The van der Waals surface area contributed by atoms with Crippen LogP contribution < -0.4 is 4.90 Å². The number of aromatic nitrogens is 1. The quantitative estimate of drug-likeness (QED) is 0.682. The lowest BCUT2D eigenvalue weighted by atomic mass is 10.0. The van der Waals surface area contributed by atoms with Crippen LogP contribution in [0.2, 0.25) is 0 Å². The van der Waals surface area contributed by atoms with Crippen molar-refractivity contribution in [1.29, 1.82) is 0 Å². The van der Waals surface area contributed by atoms with Crippen molar-refractivity contribution in [2.24, 2.45) is 5.92 Å². The zero-order valence-electron chi connectivity index (χ0n) is 12.0. The molecule has 0 aliphatic heterocycles. The van der Waals surface area contributed by atoms with Gasteiger partial charge >= 0.3 is 0 Å². The van der Waals surface area contributed by atoms with Gasteiger partial charge in [-0.25, -0.2) is 4.98 Å². The standard InChI is InChI=1S/C15H25ClN2/c1-5-13(6-2)11-18(7-3)15-9-8-14(10-16)12(4)17-15/h8-9,13H,5-7,10-11H2,1-4H3. The lowest BCUT2D eigenvalue weighted by Gasteiger charge is -2.27.